The number of anilines is 4. The molecule has 1 amide bonds. The monoisotopic (exact) mass is 459 g/mol. The molecule has 0 unspecified atom stereocenters. The molecule has 1 saturated heterocycles. The molecule has 168 valence electrons. The van der Waals surface area contributed by atoms with Gasteiger partial charge in [0.15, 0.2) is 0 Å². The van der Waals surface area contributed by atoms with Crippen molar-refractivity contribution in [2.45, 2.75) is 12.8 Å². The third kappa shape index (κ3) is 4.94. The predicted molar refractivity (Wildman–Crippen MR) is 132 cm³/mol. The molecule has 4 aromatic rings. The number of fused-ring (bicyclic) bond motifs is 1. The first-order chi connectivity index (χ1) is 16.2. The average Bonchev–Trinajstić information content (AvgIpc) is 3.32. The number of hydrogen-bond acceptors (Lipinski definition) is 8. The lowest BCUT2D eigenvalue weighted by Gasteiger charge is -2.31. The van der Waals surface area contributed by atoms with Gasteiger partial charge in [-0.1, -0.05) is 6.07 Å². The number of aromatic nitrogens is 3. The summed E-state index contributed by atoms with van der Waals surface area (Å²) in [6.07, 6.45) is 3.62. The van der Waals surface area contributed by atoms with Gasteiger partial charge in [-0.2, -0.15) is 4.98 Å². The molecule has 0 spiro atoms. The number of nitrogens with one attached hydrogen (secondary N) is 2. The average molecular weight is 460 g/mol. The molecule has 9 heteroatoms. The molecule has 3 heterocycles. The minimum atomic E-state index is 0.0534. The standard InChI is InChI=1S/C24H25N7OS/c25-14-16-7-10-31(11-8-16)23(32)17-2-1-3-18(12-17)28-22-6-9-26-24(30-22)29-19-4-5-20-21(13-19)33-15-27-20/h1-6,9,12-13,15-16H,7-8,10-11,14,25H2,(H2,26,28,29,30). The normalized spacial score (nSPS) is 14.4. The summed E-state index contributed by atoms with van der Waals surface area (Å²) in [7, 11) is 0. The van der Waals surface area contributed by atoms with E-state index in [2.05, 4.69) is 25.6 Å². The summed E-state index contributed by atoms with van der Waals surface area (Å²) >= 11 is 1.59. The van der Waals surface area contributed by atoms with Crippen LogP contribution in [0.1, 0.15) is 23.2 Å². The van der Waals surface area contributed by atoms with Crippen LogP contribution in [0.2, 0.25) is 0 Å². The predicted octanol–water partition coefficient (Wildman–Crippen LogP) is 4.38. The fraction of sp³-hybridized carbons (Fsp3) is 0.250. The van der Waals surface area contributed by atoms with Crippen LogP contribution in [0.5, 0.6) is 0 Å². The maximum atomic E-state index is 13.0. The topological polar surface area (TPSA) is 109 Å². The van der Waals surface area contributed by atoms with Crippen molar-refractivity contribution in [1.29, 1.82) is 0 Å². The van der Waals surface area contributed by atoms with Crippen LogP contribution in [0.3, 0.4) is 0 Å². The van der Waals surface area contributed by atoms with Gasteiger partial charge in [-0.05, 0) is 67.8 Å². The van der Waals surface area contributed by atoms with Crippen LogP contribution >= 0.6 is 11.3 Å². The number of carbonyl (C=O) groups is 1. The van der Waals surface area contributed by atoms with E-state index in [9.17, 15) is 4.79 Å². The highest BCUT2D eigenvalue weighted by Gasteiger charge is 2.23. The van der Waals surface area contributed by atoms with E-state index < -0.39 is 0 Å². The molecule has 0 radical (unpaired) electrons. The molecule has 2 aromatic carbocycles. The summed E-state index contributed by atoms with van der Waals surface area (Å²) < 4.78 is 1.10. The van der Waals surface area contributed by atoms with Crippen LogP contribution in [-0.4, -0.2) is 45.4 Å². The van der Waals surface area contributed by atoms with E-state index in [1.54, 1.807) is 23.6 Å². The van der Waals surface area contributed by atoms with Crippen molar-refractivity contribution < 1.29 is 4.79 Å². The molecule has 2 aromatic heterocycles. The second-order valence-corrected chi connectivity index (χ2v) is 8.99. The Morgan fingerprint density at radius 1 is 1.06 bits per heavy atom. The molecule has 1 fully saturated rings. The number of amides is 1. The quantitative estimate of drug-likeness (QED) is 0.392. The Bertz CT molecular complexity index is 1270. The highest BCUT2D eigenvalue weighted by Crippen LogP contribution is 2.25. The van der Waals surface area contributed by atoms with E-state index >= 15 is 0 Å². The van der Waals surface area contributed by atoms with Crippen molar-refractivity contribution in [2.24, 2.45) is 11.7 Å². The first kappa shape index (κ1) is 21.3. The second kappa shape index (κ2) is 9.51. The Labute approximate surface area is 195 Å². The molecule has 33 heavy (non-hydrogen) atoms. The lowest BCUT2D eigenvalue weighted by Crippen LogP contribution is -2.40. The van der Waals surface area contributed by atoms with Gasteiger partial charge < -0.3 is 21.3 Å². The summed E-state index contributed by atoms with van der Waals surface area (Å²) in [6.45, 7) is 2.20. The van der Waals surface area contributed by atoms with Gasteiger partial charge in [0.2, 0.25) is 5.95 Å². The van der Waals surface area contributed by atoms with Crippen LogP contribution in [-0.2, 0) is 0 Å². The summed E-state index contributed by atoms with van der Waals surface area (Å²) in [6, 6.07) is 15.3. The zero-order valence-corrected chi connectivity index (χ0v) is 18.9. The zero-order chi connectivity index (χ0) is 22.6. The molecule has 1 aliphatic heterocycles. The molecule has 0 saturated carbocycles. The summed E-state index contributed by atoms with van der Waals surface area (Å²) in [5.41, 5.74) is 10.9. The van der Waals surface area contributed by atoms with Gasteiger partial charge in [0.25, 0.3) is 5.91 Å². The van der Waals surface area contributed by atoms with E-state index in [-0.39, 0.29) is 5.91 Å². The number of benzene rings is 2. The largest absolute Gasteiger partial charge is 0.340 e. The van der Waals surface area contributed by atoms with E-state index in [0.717, 1.165) is 47.5 Å². The van der Waals surface area contributed by atoms with Crippen LogP contribution in [0, 0.1) is 5.92 Å². The van der Waals surface area contributed by atoms with Crippen molar-refractivity contribution >= 4 is 50.6 Å². The Kier molecular flexibility index (Phi) is 6.14. The number of piperidine rings is 1. The van der Waals surface area contributed by atoms with Gasteiger partial charge in [-0.15, -0.1) is 11.3 Å². The van der Waals surface area contributed by atoms with Gasteiger partial charge in [0.05, 0.1) is 15.7 Å². The Balaban J connectivity index is 1.27. The molecule has 4 N–H and O–H groups in total. The number of nitrogens with zero attached hydrogens (tertiary/aromatic N) is 4. The fourth-order valence-electron chi connectivity index (χ4n) is 3.98. The molecule has 1 aliphatic rings. The number of nitrogens with two attached hydrogens (primary N) is 1. The third-order valence-corrected chi connectivity index (χ3v) is 6.65. The minimum absolute atomic E-state index is 0.0534. The van der Waals surface area contributed by atoms with Gasteiger partial charge in [0.1, 0.15) is 5.82 Å². The Morgan fingerprint density at radius 3 is 2.76 bits per heavy atom. The van der Waals surface area contributed by atoms with Crippen molar-refractivity contribution in [1.82, 2.24) is 19.9 Å². The summed E-state index contributed by atoms with van der Waals surface area (Å²) in [4.78, 5) is 28.1. The van der Waals surface area contributed by atoms with Crippen LogP contribution in [0.4, 0.5) is 23.1 Å². The van der Waals surface area contributed by atoms with Gasteiger partial charge in [-0.25, -0.2) is 9.97 Å². The molecule has 0 atom stereocenters. The SMILES string of the molecule is NCC1CCN(C(=O)c2cccc(Nc3ccnc(Nc4ccc5ncsc5c4)n3)c2)CC1. The van der Waals surface area contributed by atoms with Crippen molar-refractivity contribution in [3.63, 3.8) is 0 Å². The van der Waals surface area contributed by atoms with Crippen molar-refractivity contribution in [3.8, 4) is 0 Å². The number of thiazole rings is 1. The molecular weight excluding hydrogens is 434 g/mol. The molecule has 0 bridgehead atoms. The van der Waals surface area contributed by atoms with Gasteiger partial charge in [0, 0.05) is 36.2 Å². The molecule has 5 rings (SSSR count). The van der Waals surface area contributed by atoms with E-state index in [4.69, 9.17) is 5.73 Å². The second-order valence-electron chi connectivity index (χ2n) is 8.10. The lowest BCUT2D eigenvalue weighted by molar-refractivity contribution is 0.0693. The van der Waals surface area contributed by atoms with Gasteiger partial charge in [-0.3, -0.25) is 4.79 Å². The number of likely N-dealkylation sites (tertiary alicyclic amines) is 1. The molecule has 0 aliphatic carbocycles. The number of rotatable bonds is 6. The number of carbonyl (C=O) groups excluding carboxylic acids is 1. The lowest BCUT2D eigenvalue weighted by atomic mass is 9.96. The fourth-order valence-corrected chi connectivity index (χ4v) is 4.70. The highest BCUT2D eigenvalue weighted by molar-refractivity contribution is 7.16. The van der Waals surface area contributed by atoms with E-state index in [0.29, 0.717) is 29.8 Å². The van der Waals surface area contributed by atoms with Crippen LogP contribution in [0.25, 0.3) is 10.2 Å². The van der Waals surface area contributed by atoms with E-state index in [1.165, 1.54) is 0 Å². The Hall–Kier alpha value is -3.56. The highest BCUT2D eigenvalue weighted by atomic mass is 32.1. The Morgan fingerprint density at radius 2 is 1.91 bits per heavy atom. The van der Waals surface area contributed by atoms with E-state index in [1.807, 2.05) is 52.9 Å². The maximum Gasteiger partial charge on any atom is 0.253 e. The smallest absolute Gasteiger partial charge is 0.253 e. The van der Waals surface area contributed by atoms with Crippen molar-refractivity contribution in [3.05, 3.63) is 65.8 Å². The summed E-state index contributed by atoms with van der Waals surface area (Å²) in [5, 5.41) is 6.52. The number of hydrogen-bond donors (Lipinski definition) is 3. The zero-order valence-electron chi connectivity index (χ0n) is 18.1. The minimum Gasteiger partial charge on any atom is -0.340 e. The van der Waals surface area contributed by atoms with Crippen LogP contribution in [0.15, 0.2) is 60.2 Å². The third-order valence-electron chi connectivity index (χ3n) is 5.86. The van der Waals surface area contributed by atoms with Crippen molar-refractivity contribution in [2.75, 3.05) is 30.3 Å². The first-order valence-corrected chi connectivity index (χ1v) is 11.9. The first-order valence-electron chi connectivity index (χ1n) is 11.0. The molecule has 8 nitrogen and oxygen atoms in total. The van der Waals surface area contributed by atoms with Gasteiger partial charge >= 0.3 is 0 Å². The summed E-state index contributed by atoms with van der Waals surface area (Å²) in [5.74, 6) is 1.70. The maximum absolute atomic E-state index is 13.0. The van der Waals surface area contributed by atoms with Crippen LogP contribution < -0.4 is 16.4 Å². The molecular formula is C24H25N7OS.